The van der Waals surface area contributed by atoms with E-state index >= 15 is 0 Å². The van der Waals surface area contributed by atoms with Gasteiger partial charge in [0.2, 0.25) is 5.91 Å². The van der Waals surface area contributed by atoms with Crippen LogP contribution in [-0.4, -0.2) is 54.7 Å². The Morgan fingerprint density at radius 1 is 1.19 bits per heavy atom. The summed E-state index contributed by atoms with van der Waals surface area (Å²) < 4.78 is 48.8. The summed E-state index contributed by atoms with van der Waals surface area (Å²) in [5.41, 5.74) is 0.293. The summed E-state index contributed by atoms with van der Waals surface area (Å²) >= 11 is 6.19. The van der Waals surface area contributed by atoms with Gasteiger partial charge in [-0.3, -0.25) is 14.4 Å². The van der Waals surface area contributed by atoms with Crippen LogP contribution in [0.5, 0.6) is 5.75 Å². The number of halogens is 4. The number of piperidine rings is 1. The third kappa shape index (κ3) is 4.38. The Morgan fingerprint density at radius 3 is 2.65 bits per heavy atom. The molecule has 2 fully saturated rings. The zero-order chi connectivity index (χ0) is 25.9. The molecule has 11 heteroatoms. The van der Waals surface area contributed by atoms with Crippen LogP contribution in [0.3, 0.4) is 0 Å². The Labute approximate surface area is 218 Å². The van der Waals surface area contributed by atoms with Crippen molar-refractivity contribution in [2.45, 2.75) is 49.1 Å². The van der Waals surface area contributed by atoms with Gasteiger partial charge in [0.15, 0.2) is 0 Å². The molecule has 0 bridgehead atoms. The van der Waals surface area contributed by atoms with Gasteiger partial charge in [0.05, 0.1) is 24.9 Å². The monoisotopic (exact) mass is 528 g/mol. The second-order valence-corrected chi connectivity index (χ2v) is 10.8. The third-order valence-corrected chi connectivity index (χ3v) is 8.23. The lowest BCUT2D eigenvalue weighted by atomic mass is 9.68. The van der Waals surface area contributed by atoms with Crippen molar-refractivity contribution in [3.63, 3.8) is 0 Å². The van der Waals surface area contributed by atoms with Crippen LogP contribution in [0.25, 0.3) is 10.9 Å². The van der Waals surface area contributed by atoms with Gasteiger partial charge in [-0.2, -0.15) is 18.3 Å². The lowest BCUT2D eigenvalue weighted by Gasteiger charge is -2.38. The number of anilines is 1. The highest BCUT2D eigenvalue weighted by atomic mass is 35.5. The number of amides is 1. The molecule has 2 aromatic carbocycles. The Kier molecular flexibility index (Phi) is 5.95. The molecule has 0 atom stereocenters. The van der Waals surface area contributed by atoms with E-state index in [-0.39, 0.29) is 35.6 Å². The van der Waals surface area contributed by atoms with Gasteiger partial charge in [0.1, 0.15) is 17.9 Å². The number of fused-ring (bicyclic) bond motifs is 3. The molecule has 1 aromatic heterocycles. The Hall–Kier alpha value is -2.72. The Balaban J connectivity index is 1.12. The molecular weight excluding hydrogens is 504 g/mol. The van der Waals surface area contributed by atoms with E-state index in [0.717, 1.165) is 17.3 Å². The van der Waals surface area contributed by atoms with Crippen molar-refractivity contribution in [1.29, 1.82) is 0 Å². The fourth-order valence-corrected chi connectivity index (χ4v) is 5.96. The summed E-state index contributed by atoms with van der Waals surface area (Å²) in [6.45, 7) is 2.12. The van der Waals surface area contributed by atoms with Crippen molar-refractivity contribution in [3.05, 3.63) is 52.7 Å². The maximum Gasteiger partial charge on any atom is 0.418 e. The number of rotatable bonds is 5. The summed E-state index contributed by atoms with van der Waals surface area (Å²) in [7, 11) is 5.84. The van der Waals surface area contributed by atoms with Crippen molar-refractivity contribution in [3.8, 4) is 5.75 Å². The quantitative estimate of drug-likeness (QED) is 0.453. The van der Waals surface area contributed by atoms with E-state index in [0.29, 0.717) is 55.7 Å². The first-order chi connectivity index (χ1) is 17.6. The van der Waals surface area contributed by atoms with Gasteiger partial charge >= 0.3 is 6.18 Å². The molecule has 3 aliphatic rings. The zero-order valence-corrected chi connectivity index (χ0v) is 20.8. The SMILES string of the molecule is [B]C1CC(n2cc3cc(OCCN4CCC5(CC4)C(=O)Nc4ccc(Cl)cc45)cc(C(F)(F)F)c3n2)C1. The number of ether oxygens (including phenoxy) is 1. The highest BCUT2D eigenvalue weighted by molar-refractivity contribution is 6.31. The highest BCUT2D eigenvalue weighted by Gasteiger charge is 2.48. The van der Waals surface area contributed by atoms with Crippen molar-refractivity contribution >= 4 is 41.9 Å². The van der Waals surface area contributed by atoms with Crippen molar-refractivity contribution in [2.75, 3.05) is 31.6 Å². The lowest BCUT2D eigenvalue weighted by molar-refractivity contribution is -0.136. The van der Waals surface area contributed by atoms with Gasteiger partial charge in [0, 0.05) is 28.8 Å². The first-order valence-corrected chi connectivity index (χ1v) is 12.8. The van der Waals surface area contributed by atoms with Gasteiger partial charge in [-0.1, -0.05) is 17.4 Å². The molecule has 2 radical (unpaired) electrons. The third-order valence-electron chi connectivity index (χ3n) is 7.99. The van der Waals surface area contributed by atoms with E-state index < -0.39 is 17.2 Å². The first kappa shape index (κ1) is 24.6. The highest BCUT2D eigenvalue weighted by Crippen LogP contribution is 2.46. The summed E-state index contributed by atoms with van der Waals surface area (Å²) in [5.74, 6) is 0.230. The molecule has 37 heavy (non-hydrogen) atoms. The predicted molar refractivity (Wildman–Crippen MR) is 135 cm³/mol. The normalized spacial score (nSPS) is 23.2. The molecular formula is C26H25BClF3N4O2. The summed E-state index contributed by atoms with van der Waals surface area (Å²) in [6.07, 6.45) is -0.212. The topological polar surface area (TPSA) is 59.4 Å². The molecule has 1 saturated heterocycles. The minimum absolute atomic E-state index is 0.00178. The van der Waals surface area contributed by atoms with Crippen LogP contribution in [0.4, 0.5) is 18.9 Å². The van der Waals surface area contributed by atoms with Crippen LogP contribution in [0.1, 0.15) is 42.9 Å². The molecule has 6 rings (SSSR count). The number of aromatic nitrogens is 2. The minimum Gasteiger partial charge on any atom is -0.492 e. The standard InChI is InChI=1S/C26H25BClF3N4O2/c27-16-10-18(11-16)35-14-15-9-19(13-21(23(15)33-35)26(29,30)31)37-8-7-34-5-3-25(4-6-34)20-12-17(28)1-2-22(20)32-24(25)36/h1-2,9,12-14,16,18H,3-8,10-11H2,(H,32,36). The lowest BCUT2D eigenvalue weighted by Crippen LogP contribution is -2.47. The Bertz CT molecular complexity index is 1360. The van der Waals surface area contributed by atoms with Crippen LogP contribution in [-0.2, 0) is 16.4 Å². The van der Waals surface area contributed by atoms with Crippen LogP contribution in [0.15, 0.2) is 36.5 Å². The van der Waals surface area contributed by atoms with E-state index in [4.69, 9.17) is 24.2 Å². The van der Waals surface area contributed by atoms with Crippen molar-refractivity contribution in [1.82, 2.24) is 14.7 Å². The maximum atomic E-state index is 13.8. The number of nitrogens with one attached hydrogen (secondary N) is 1. The molecule has 1 saturated carbocycles. The average molecular weight is 529 g/mol. The number of hydrogen-bond acceptors (Lipinski definition) is 4. The molecule has 1 aliphatic carbocycles. The molecule has 6 nitrogen and oxygen atoms in total. The van der Waals surface area contributed by atoms with E-state index in [1.807, 2.05) is 12.1 Å². The molecule has 3 aromatic rings. The number of alkyl halides is 3. The number of carbonyl (C=O) groups is 1. The van der Waals surface area contributed by atoms with Gasteiger partial charge in [-0.05, 0) is 74.7 Å². The Morgan fingerprint density at radius 2 is 1.95 bits per heavy atom. The summed E-state index contributed by atoms with van der Waals surface area (Å²) in [6, 6.07) is 8.13. The van der Waals surface area contributed by atoms with Crippen LogP contribution in [0.2, 0.25) is 10.8 Å². The van der Waals surface area contributed by atoms with Crippen LogP contribution >= 0.6 is 11.6 Å². The van der Waals surface area contributed by atoms with Gasteiger partial charge in [0.25, 0.3) is 0 Å². The van der Waals surface area contributed by atoms with Crippen LogP contribution in [0, 0.1) is 0 Å². The number of benzene rings is 2. The fraction of sp³-hybridized carbons (Fsp3) is 0.462. The summed E-state index contributed by atoms with van der Waals surface area (Å²) in [4.78, 5) is 15.0. The predicted octanol–water partition coefficient (Wildman–Crippen LogP) is 5.37. The average Bonchev–Trinajstić information content (AvgIpc) is 3.36. The van der Waals surface area contributed by atoms with E-state index in [1.165, 1.54) is 0 Å². The van der Waals surface area contributed by atoms with Gasteiger partial charge in [-0.15, -0.1) is 0 Å². The zero-order valence-electron chi connectivity index (χ0n) is 20.0. The van der Waals surface area contributed by atoms with E-state index in [2.05, 4.69) is 15.3 Å². The first-order valence-electron chi connectivity index (χ1n) is 12.4. The molecule has 1 amide bonds. The largest absolute Gasteiger partial charge is 0.492 e. The summed E-state index contributed by atoms with van der Waals surface area (Å²) in [5, 5.41) is 8.20. The smallest absolute Gasteiger partial charge is 0.418 e. The molecule has 3 heterocycles. The molecule has 1 spiro atoms. The van der Waals surface area contributed by atoms with Gasteiger partial charge in [-0.25, -0.2) is 0 Å². The number of hydrogen-bond donors (Lipinski definition) is 1. The second-order valence-electron chi connectivity index (χ2n) is 10.3. The number of carbonyl (C=O) groups excluding carboxylic acids is 1. The minimum atomic E-state index is -4.55. The fourth-order valence-electron chi connectivity index (χ4n) is 5.79. The number of nitrogens with zero attached hydrogens (tertiary/aromatic N) is 3. The van der Waals surface area contributed by atoms with Crippen molar-refractivity contribution in [2.24, 2.45) is 0 Å². The van der Waals surface area contributed by atoms with Gasteiger partial charge < -0.3 is 10.1 Å². The van der Waals surface area contributed by atoms with Crippen molar-refractivity contribution < 1.29 is 22.7 Å². The maximum absolute atomic E-state index is 13.8. The number of likely N-dealkylation sites (tertiary alicyclic amines) is 1. The second kappa shape index (κ2) is 8.94. The molecule has 0 unspecified atom stereocenters. The molecule has 2 aliphatic heterocycles. The van der Waals surface area contributed by atoms with E-state index in [9.17, 15) is 18.0 Å². The molecule has 1 N–H and O–H groups in total. The van der Waals surface area contributed by atoms with E-state index in [1.54, 1.807) is 23.0 Å². The van der Waals surface area contributed by atoms with Crippen LogP contribution < -0.4 is 10.1 Å². The molecule has 192 valence electrons.